The van der Waals surface area contributed by atoms with Gasteiger partial charge in [-0.25, -0.2) is 0 Å². The van der Waals surface area contributed by atoms with Crippen LogP contribution in [0.3, 0.4) is 0 Å². The van der Waals surface area contributed by atoms with Crippen LogP contribution in [0.25, 0.3) is 10.8 Å². The Balaban J connectivity index is 2.03. The first-order chi connectivity index (χ1) is 8.93. The first kappa shape index (κ1) is 10.7. The average Bonchev–Trinajstić information content (AvgIpc) is 2.46. The second kappa shape index (κ2) is 4.80. The zero-order chi connectivity index (χ0) is 12.2. The molecule has 1 heterocycles. The highest BCUT2D eigenvalue weighted by Gasteiger charge is 1.97. The molecule has 2 aromatic carbocycles. The van der Waals surface area contributed by atoms with Crippen LogP contribution in [0.15, 0.2) is 72.0 Å². The maximum atomic E-state index is 4.54. The molecule has 18 heavy (non-hydrogen) atoms. The molecule has 0 atom stereocenters. The van der Waals surface area contributed by atoms with E-state index in [1.165, 1.54) is 10.8 Å². The molecule has 0 fully saturated rings. The summed E-state index contributed by atoms with van der Waals surface area (Å²) in [5.41, 5.74) is 1.99. The fraction of sp³-hybridized carbons (Fsp3) is 0. The van der Waals surface area contributed by atoms with E-state index in [0.29, 0.717) is 0 Å². The summed E-state index contributed by atoms with van der Waals surface area (Å²) in [6.07, 6.45) is 5.40. The van der Waals surface area contributed by atoms with Crippen LogP contribution >= 0.6 is 0 Å². The molecular formula is C16H12N2. The first-order valence-electron chi connectivity index (χ1n) is 5.85. The molecule has 0 aliphatic carbocycles. The third kappa shape index (κ3) is 2.13. The highest BCUT2D eigenvalue weighted by atomic mass is 14.7. The van der Waals surface area contributed by atoms with Crippen molar-refractivity contribution in [2.75, 3.05) is 0 Å². The quantitative estimate of drug-likeness (QED) is 0.613. The fourth-order valence-electron chi connectivity index (χ4n) is 1.92. The SMILES string of the molecule is C(=Nc1cccc2ccccc12)c1cccnc1. The number of aromatic nitrogens is 1. The topological polar surface area (TPSA) is 25.2 Å². The van der Waals surface area contributed by atoms with E-state index < -0.39 is 0 Å². The van der Waals surface area contributed by atoms with Crippen molar-refractivity contribution in [3.05, 3.63) is 72.6 Å². The van der Waals surface area contributed by atoms with Gasteiger partial charge in [-0.05, 0) is 17.5 Å². The van der Waals surface area contributed by atoms with Gasteiger partial charge < -0.3 is 0 Å². The zero-order valence-electron chi connectivity index (χ0n) is 9.82. The molecule has 0 spiro atoms. The molecule has 0 radical (unpaired) electrons. The molecule has 3 rings (SSSR count). The van der Waals surface area contributed by atoms with E-state index in [9.17, 15) is 0 Å². The largest absolute Gasteiger partial charge is 0.264 e. The summed E-state index contributed by atoms with van der Waals surface area (Å²) in [5, 5.41) is 2.37. The molecule has 0 amide bonds. The number of nitrogens with zero attached hydrogens (tertiary/aromatic N) is 2. The molecular weight excluding hydrogens is 220 g/mol. The second-order valence-corrected chi connectivity index (χ2v) is 4.04. The van der Waals surface area contributed by atoms with Gasteiger partial charge in [-0.2, -0.15) is 0 Å². The van der Waals surface area contributed by atoms with Crippen molar-refractivity contribution < 1.29 is 0 Å². The van der Waals surface area contributed by atoms with E-state index in [1.807, 2.05) is 42.6 Å². The van der Waals surface area contributed by atoms with Crippen molar-refractivity contribution in [1.29, 1.82) is 0 Å². The Labute approximate surface area is 106 Å². The van der Waals surface area contributed by atoms with E-state index in [0.717, 1.165) is 11.3 Å². The zero-order valence-corrected chi connectivity index (χ0v) is 9.82. The number of benzene rings is 2. The third-order valence-electron chi connectivity index (χ3n) is 2.80. The number of hydrogen-bond donors (Lipinski definition) is 0. The van der Waals surface area contributed by atoms with Crippen molar-refractivity contribution in [1.82, 2.24) is 4.98 Å². The summed E-state index contributed by atoms with van der Waals surface area (Å²) in [5.74, 6) is 0. The molecule has 0 aliphatic rings. The van der Waals surface area contributed by atoms with Gasteiger partial charge in [0.15, 0.2) is 0 Å². The van der Waals surface area contributed by atoms with Gasteiger partial charge in [0.25, 0.3) is 0 Å². The van der Waals surface area contributed by atoms with Crippen LogP contribution in [0.2, 0.25) is 0 Å². The Morgan fingerprint density at radius 1 is 0.889 bits per heavy atom. The maximum Gasteiger partial charge on any atom is 0.0708 e. The molecule has 0 bridgehead atoms. The van der Waals surface area contributed by atoms with Crippen molar-refractivity contribution >= 4 is 22.7 Å². The lowest BCUT2D eigenvalue weighted by molar-refractivity contribution is 1.32. The third-order valence-corrected chi connectivity index (χ3v) is 2.80. The van der Waals surface area contributed by atoms with E-state index in [4.69, 9.17) is 0 Å². The van der Waals surface area contributed by atoms with Gasteiger partial charge in [-0.3, -0.25) is 9.98 Å². The normalized spacial score (nSPS) is 11.1. The minimum atomic E-state index is 0.983. The van der Waals surface area contributed by atoms with Crippen molar-refractivity contribution in [2.45, 2.75) is 0 Å². The van der Waals surface area contributed by atoms with Gasteiger partial charge in [-0.1, -0.05) is 42.5 Å². The molecule has 0 saturated heterocycles. The van der Waals surface area contributed by atoms with Gasteiger partial charge in [0.1, 0.15) is 0 Å². The minimum Gasteiger partial charge on any atom is -0.264 e. The molecule has 86 valence electrons. The van der Waals surface area contributed by atoms with Crippen LogP contribution in [-0.2, 0) is 0 Å². The summed E-state index contributed by atoms with van der Waals surface area (Å²) in [6.45, 7) is 0. The molecule has 0 unspecified atom stereocenters. The van der Waals surface area contributed by atoms with Gasteiger partial charge in [0.05, 0.1) is 5.69 Å². The number of fused-ring (bicyclic) bond motifs is 1. The monoisotopic (exact) mass is 232 g/mol. The molecule has 0 saturated carbocycles. The Hall–Kier alpha value is -2.48. The summed E-state index contributed by atoms with van der Waals surface area (Å²) in [6, 6.07) is 18.3. The Bertz CT molecular complexity index is 682. The Kier molecular flexibility index (Phi) is 2.84. The van der Waals surface area contributed by atoms with E-state index in [2.05, 4.69) is 28.2 Å². The Morgan fingerprint density at radius 3 is 2.67 bits per heavy atom. The molecule has 1 aromatic heterocycles. The predicted octanol–water partition coefficient (Wildman–Crippen LogP) is 3.99. The van der Waals surface area contributed by atoms with Crippen LogP contribution < -0.4 is 0 Å². The second-order valence-electron chi connectivity index (χ2n) is 4.04. The molecule has 0 N–H and O–H groups in total. The maximum absolute atomic E-state index is 4.54. The number of pyridine rings is 1. The standard InChI is InChI=1S/C16H12N2/c1-2-8-15-14(6-1)7-3-9-16(15)18-12-13-5-4-10-17-11-13/h1-12H. The van der Waals surface area contributed by atoms with Crippen LogP contribution in [0.4, 0.5) is 5.69 Å². The van der Waals surface area contributed by atoms with Crippen LogP contribution in [0.1, 0.15) is 5.56 Å². The molecule has 2 nitrogen and oxygen atoms in total. The molecule has 3 aromatic rings. The molecule has 2 heteroatoms. The Morgan fingerprint density at radius 2 is 1.78 bits per heavy atom. The van der Waals surface area contributed by atoms with Crippen molar-refractivity contribution in [3.63, 3.8) is 0 Å². The fourth-order valence-corrected chi connectivity index (χ4v) is 1.92. The lowest BCUT2D eigenvalue weighted by Gasteiger charge is -2.00. The predicted molar refractivity (Wildman–Crippen MR) is 75.4 cm³/mol. The summed E-state index contributed by atoms with van der Waals surface area (Å²) in [4.78, 5) is 8.61. The smallest absolute Gasteiger partial charge is 0.0708 e. The number of aliphatic imine (C=N–C) groups is 1. The van der Waals surface area contributed by atoms with E-state index in [-0.39, 0.29) is 0 Å². The van der Waals surface area contributed by atoms with E-state index >= 15 is 0 Å². The first-order valence-corrected chi connectivity index (χ1v) is 5.85. The number of hydrogen-bond acceptors (Lipinski definition) is 2. The van der Waals surface area contributed by atoms with Gasteiger partial charge in [0.2, 0.25) is 0 Å². The van der Waals surface area contributed by atoms with Crippen LogP contribution in [0, 0.1) is 0 Å². The van der Waals surface area contributed by atoms with E-state index in [1.54, 1.807) is 12.4 Å². The van der Waals surface area contributed by atoms with Gasteiger partial charge in [0, 0.05) is 29.6 Å². The summed E-state index contributed by atoms with van der Waals surface area (Å²) < 4.78 is 0. The van der Waals surface area contributed by atoms with Gasteiger partial charge in [-0.15, -0.1) is 0 Å². The number of rotatable bonds is 2. The summed E-state index contributed by atoms with van der Waals surface area (Å²) >= 11 is 0. The van der Waals surface area contributed by atoms with Crippen LogP contribution in [0.5, 0.6) is 0 Å². The van der Waals surface area contributed by atoms with Crippen molar-refractivity contribution in [3.8, 4) is 0 Å². The van der Waals surface area contributed by atoms with Crippen LogP contribution in [-0.4, -0.2) is 11.2 Å². The van der Waals surface area contributed by atoms with Crippen molar-refractivity contribution in [2.24, 2.45) is 4.99 Å². The lowest BCUT2D eigenvalue weighted by Crippen LogP contribution is -1.81. The highest BCUT2D eigenvalue weighted by molar-refractivity contribution is 5.95. The lowest BCUT2D eigenvalue weighted by atomic mass is 10.1. The average molecular weight is 232 g/mol. The molecule has 0 aliphatic heterocycles. The highest BCUT2D eigenvalue weighted by Crippen LogP contribution is 2.25. The summed E-state index contributed by atoms with van der Waals surface area (Å²) in [7, 11) is 0. The minimum absolute atomic E-state index is 0.983. The van der Waals surface area contributed by atoms with Gasteiger partial charge >= 0.3 is 0 Å².